The van der Waals surface area contributed by atoms with Crippen molar-refractivity contribution in [2.75, 3.05) is 13.1 Å². The fourth-order valence-corrected chi connectivity index (χ4v) is 6.43. The standard InChI is InChI=1S/C30H27N3O4/c1-31-15-19(21-5-2-3-6-25(21)31)12-27-29(36)22-9-10-26(34)23(30(22)37-27)17-32-13-18-11-20(16-32)24-7-4-8-28(35)33(24)14-18/h2-10,12,15,18,20,34H,11,13-14,16-17H2,1H3/b27-12-/t18-,20+/m1/s1. The fraction of sp³-hybridized carbons (Fsp3) is 0.267. The van der Waals surface area contributed by atoms with E-state index in [0.29, 0.717) is 35.9 Å². The lowest BCUT2D eigenvalue weighted by Crippen LogP contribution is -2.46. The molecule has 0 spiro atoms. The maximum absolute atomic E-state index is 13.3. The van der Waals surface area contributed by atoms with E-state index in [0.717, 1.165) is 41.7 Å². The molecule has 7 rings (SSSR count). The van der Waals surface area contributed by atoms with Crippen LogP contribution >= 0.6 is 0 Å². The quantitative estimate of drug-likeness (QED) is 0.431. The highest BCUT2D eigenvalue weighted by Crippen LogP contribution is 2.42. The van der Waals surface area contributed by atoms with Crippen LogP contribution in [0.15, 0.2) is 71.3 Å². The van der Waals surface area contributed by atoms with Crippen molar-refractivity contribution in [2.45, 2.75) is 25.4 Å². The van der Waals surface area contributed by atoms with Crippen LogP contribution in [-0.4, -0.2) is 38.0 Å². The Morgan fingerprint density at radius 2 is 1.89 bits per heavy atom. The number of ether oxygens (including phenoxy) is 1. The molecule has 5 heterocycles. The van der Waals surface area contributed by atoms with Crippen molar-refractivity contribution in [1.82, 2.24) is 14.0 Å². The van der Waals surface area contributed by atoms with Gasteiger partial charge in [0.1, 0.15) is 11.5 Å². The smallest absolute Gasteiger partial charge is 0.250 e. The molecule has 0 radical (unpaired) electrons. The molecule has 0 aliphatic carbocycles. The Kier molecular flexibility index (Phi) is 4.91. The maximum atomic E-state index is 13.3. The maximum Gasteiger partial charge on any atom is 0.250 e. The summed E-state index contributed by atoms with van der Waals surface area (Å²) in [5, 5.41) is 11.9. The zero-order valence-electron chi connectivity index (χ0n) is 20.6. The molecule has 7 nitrogen and oxygen atoms in total. The molecule has 0 saturated carbocycles. The lowest BCUT2D eigenvalue weighted by molar-refractivity contribution is 0.101. The molecule has 4 aromatic rings. The number of hydrogen-bond donors (Lipinski definition) is 1. The van der Waals surface area contributed by atoms with Gasteiger partial charge >= 0.3 is 0 Å². The molecule has 7 heteroatoms. The minimum atomic E-state index is -0.173. The van der Waals surface area contributed by atoms with Gasteiger partial charge in [-0.1, -0.05) is 24.3 Å². The van der Waals surface area contributed by atoms with Gasteiger partial charge in [-0.05, 0) is 42.7 Å². The Morgan fingerprint density at radius 1 is 1.03 bits per heavy atom. The minimum Gasteiger partial charge on any atom is -0.507 e. The van der Waals surface area contributed by atoms with Crippen LogP contribution in [-0.2, 0) is 20.1 Å². The summed E-state index contributed by atoms with van der Waals surface area (Å²) < 4.78 is 10.1. The van der Waals surface area contributed by atoms with E-state index in [1.54, 1.807) is 24.3 Å². The molecule has 0 amide bonds. The molecule has 37 heavy (non-hydrogen) atoms. The van der Waals surface area contributed by atoms with Gasteiger partial charge in [-0.3, -0.25) is 14.5 Å². The predicted molar refractivity (Wildman–Crippen MR) is 141 cm³/mol. The summed E-state index contributed by atoms with van der Waals surface area (Å²) in [7, 11) is 1.98. The lowest BCUT2D eigenvalue weighted by Gasteiger charge is -2.42. The Hall–Kier alpha value is -4.10. The second-order valence-electron chi connectivity index (χ2n) is 10.5. The first-order valence-corrected chi connectivity index (χ1v) is 12.7. The van der Waals surface area contributed by atoms with Gasteiger partial charge in [0.15, 0.2) is 5.76 Å². The zero-order valence-corrected chi connectivity index (χ0v) is 20.6. The van der Waals surface area contributed by atoms with Gasteiger partial charge < -0.3 is 19.0 Å². The number of hydrogen-bond acceptors (Lipinski definition) is 5. The van der Waals surface area contributed by atoms with Crippen LogP contribution in [0.4, 0.5) is 0 Å². The zero-order chi connectivity index (χ0) is 25.3. The van der Waals surface area contributed by atoms with Crippen molar-refractivity contribution in [2.24, 2.45) is 13.0 Å². The number of Topliss-reactive ketones (excluding diaryl/α,β-unsaturated/α-hetero) is 1. The summed E-state index contributed by atoms with van der Waals surface area (Å²) in [6.45, 7) is 2.81. The molecule has 3 aliphatic heterocycles. The number of nitrogens with zero attached hydrogens (tertiary/aromatic N) is 3. The molecular weight excluding hydrogens is 466 g/mol. The first-order chi connectivity index (χ1) is 18.0. The van der Waals surface area contributed by atoms with E-state index in [2.05, 4.69) is 11.0 Å². The van der Waals surface area contributed by atoms with E-state index < -0.39 is 0 Å². The van der Waals surface area contributed by atoms with Gasteiger partial charge in [-0.15, -0.1) is 0 Å². The summed E-state index contributed by atoms with van der Waals surface area (Å²) >= 11 is 0. The second-order valence-corrected chi connectivity index (χ2v) is 10.5. The molecule has 186 valence electrons. The van der Waals surface area contributed by atoms with Gasteiger partial charge in [0.25, 0.3) is 5.56 Å². The largest absolute Gasteiger partial charge is 0.507 e. The van der Waals surface area contributed by atoms with Crippen LogP contribution in [0.1, 0.15) is 39.5 Å². The lowest BCUT2D eigenvalue weighted by atomic mass is 9.83. The number of carbonyl (C=O) groups is 1. The summed E-state index contributed by atoms with van der Waals surface area (Å²) in [6.07, 6.45) is 4.85. The van der Waals surface area contributed by atoms with Gasteiger partial charge in [0.2, 0.25) is 5.78 Å². The van der Waals surface area contributed by atoms with Crippen LogP contribution in [0, 0.1) is 5.92 Å². The van der Waals surface area contributed by atoms with Crippen molar-refractivity contribution >= 4 is 22.8 Å². The number of phenols is 1. The van der Waals surface area contributed by atoms with E-state index in [1.807, 2.05) is 52.7 Å². The number of ketones is 1. The molecule has 3 aliphatic rings. The normalized spacial score (nSPS) is 21.8. The van der Waals surface area contributed by atoms with Crippen molar-refractivity contribution in [1.29, 1.82) is 0 Å². The van der Waals surface area contributed by atoms with Crippen molar-refractivity contribution in [3.05, 3.63) is 99.3 Å². The van der Waals surface area contributed by atoms with Gasteiger partial charge in [0, 0.05) is 73.6 Å². The Labute approximate surface area is 213 Å². The van der Waals surface area contributed by atoms with E-state index in [4.69, 9.17) is 4.74 Å². The predicted octanol–water partition coefficient (Wildman–Crippen LogP) is 4.28. The average molecular weight is 494 g/mol. The van der Waals surface area contributed by atoms with Crippen LogP contribution in [0.3, 0.4) is 0 Å². The van der Waals surface area contributed by atoms with Crippen molar-refractivity contribution in [3.63, 3.8) is 0 Å². The summed E-state index contributed by atoms with van der Waals surface area (Å²) in [6, 6.07) is 16.8. The minimum absolute atomic E-state index is 0.0663. The summed E-state index contributed by atoms with van der Waals surface area (Å²) in [5.41, 5.74) is 4.26. The van der Waals surface area contributed by atoms with E-state index in [1.165, 1.54) is 0 Å². The summed E-state index contributed by atoms with van der Waals surface area (Å²) in [5.74, 6) is 1.31. The molecule has 1 saturated heterocycles. The van der Waals surface area contributed by atoms with Crippen LogP contribution in [0.25, 0.3) is 17.0 Å². The number of para-hydroxylation sites is 1. The number of fused-ring (bicyclic) bond motifs is 6. The number of phenolic OH excluding ortho intramolecular Hbond substituents is 1. The number of rotatable bonds is 3. The topological polar surface area (TPSA) is 76.7 Å². The summed E-state index contributed by atoms with van der Waals surface area (Å²) in [4.78, 5) is 28.0. The highest BCUT2D eigenvalue weighted by molar-refractivity contribution is 6.15. The highest BCUT2D eigenvalue weighted by Gasteiger charge is 2.37. The van der Waals surface area contributed by atoms with Crippen molar-refractivity contribution < 1.29 is 14.6 Å². The Balaban J connectivity index is 1.20. The van der Waals surface area contributed by atoms with Gasteiger partial charge in [-0.25, -0.2) is 0 Å². The Bertz CT molecular complexity index is 1680. The number of aryl methyl sites for hydroxylation is 1. The molecule has 0 unspecified atom stereocenters. The van der Waals surface area contributed by atoms with Gasteiger partial charge in [0.05, 0.1) is 11.1 Å². The number of likely N-dealkylation sites (tertiary alicyclic amines) is 1. The molecule has 2 bridgehead atoms. The number of benzene rings is 2. The Morgan fingerprint density at radius 3 is 2.78 bits per heavy atom. The van der Waals surface area contributed by atoms with Crippen LogP contribution < -0.4 is 10.3 Å². The highest BCUT2D eigenvalue weighted by atomic mass is 16.5. The first kappa shape index (κ1) is 22.1. The van der Waals surface area contributed by atoms with E-state index >= 15 is 0 Å². The third kappa shape index (κ3) is 3.53. The second kappa shape index (κ2) is 8.21. The molecule has 1 fully saturated rings. The molecule has 2 aromatic heterocycles. The van der Waals surface area contributed by atoms with Gasteiger partial charge in [-0.2, -0.15) is 0 Å². The third-order valence-corrected chi connectivity index (χ3v) is 8.07. The number of piperidine rings is 1. The number of pyridine rings is 1. The first-order valence-electron chi connectivity index (χ1n) is 12.7. The monoisotopic (exact) mass is 493 g/mol. The molecule has 1 N–H and O–H groups in total. The number of carbonyl (C=O) groups excluding carboxylic acids is 1. The molecule has 2 atom stereocenters. The fourth-order valence-electron chi connectivity index (χ4n) is 6.43. The molecular formula is C30H27N3O4. The number of aromatic nitrogens is 2. The third-order valence-electron chi connectivity index (χ3n) is 8.07. The van der Waals surface area contributed by atoms with Crippen LogP contribution in [0.2, 0.25) is 0 Å². The van der Waals surface area contributed by atoms with Crippen molar-refractivity contribution in [3.8, 4) is 11.5 Å². The van der Waals surface area contributed by atoms with Crippen LogP contribution in [0.5, 0.6) is 11.5 Å². The van der Waals surface area contributed by atoms with E-state index in [9.17, 15) is 14.7 Å². The molecule has 2 aromatic carbocycles. The average Bonchev–Trinajstić information content (AvgIpc) is 3.38. The van der Waals surface area contributed by atoms with E-state index in [-0.39, 0.29) is 28.8 Å². The number of allylic oxidation sites excluding steroid dienone is 1. The SMILES string of the molecule is Cn1cc(/C=C2\Oc3c(ccc(O)c3CN3C[C@H]4C[C@@H](C3)c3cccc(=O)n3C4)C2=O)c2ccccc21. The number of aromatic hydroxyl groups is 1.